The summed E-state index contributed by atoms with van der Waals surface area (Å²) in [6.07, 6.45) is 1.29. The third-order valence-electron chi connectivity index (χ3n) is 6.82. The van der Waals surface area contributed by atoms with Gasteiger partial charge in [-0.05, 0) is 24.5 Å². The molecule has 4 nitrogen and oxygen atoms in total. The average molecular weight is 399 g/mol. The number of morpholine rings is 1. The fourth-order valence-corrected chi connectivity index (χ4v) is 5.43. The average Bonchev–Trinajstić information content (AvgIpc) is 3.14. The second-order valence-electron chi connectivity index (χ2n) is 8.72. The van der Waals surface area contributed by atoms with E-state index < -0.39 is 5.60 Å². The second kappa shape index (κ2) is 6.95. The van der Waals surface area contributed by atoms with Crippen molar-refractivity contribution in [3.05, 3.63) is 83.9 Å². The topological polar surface area (TPSA) is 45.8 Å². The molecular weight excluding hydrogens is 374 g/mol. The van der Waals surface area contributed by atoms with Gasteiger partial charge in [-0.1, -0.05) is 66.7 Å². The van der Waals surface area contributed by atoms with Gasteiger partial charge >= 0.3 is 0 Å². The van der Waals surface area contributed by atoms with Gasteiger partial charge in [0.1, 0.15) is 11.2 Å². The highest BCUT2D eigenvalue weighted by molar-refractivity contribution is 6.06. The number of fused-ring (bicyclic) bond motifs is 5. The van der Waals surface area contributed by atoms with Crippen LogP contribution in [0.15, 0.2) is 77.2 Å². The summed E-state index contributed by atoms with van der Waals surface area (Å²) in [5, 5.41) is 14.1. The molecule has 3 heterocycles. The van der Waals surface area contributed by atoms with Gasteiger partial charge in [0, 0.05) is 35.0 Å². The fraction of sp³-hybridized carbons (Fsp3) is 0.308. The normalized spacial score (nSPS) is 27.0. The van der Waals surface area contributed by atoms with Crippen molar-refractivity contribution in [1.29, 1.82) is 0 Å². The quantitative estimate of drug-likeness (QED) is 0.536. The molecule has 2 saturated heterocycles. The summed E-state index contributed by atoms with van der Waals surface area (Å²) in [4.78, 5) is 2.52. The number of rotatable bonds is 3. The number of hydrogen-bond donors (Lipinski definition) is 1. The number of para-hydroxylation sites is 2. The highest BCUT2D eigenvalue weighted by atomic mass is 16.5. The van der Waals surface area contributed by atoms with Crippen molar-refractivity contribution in [1.82, 2.24) is 4.90 Å². The van der Waals surface area contributed by atoms with Crippen molar-refractivity contribution < 1.29 is 14.3 Å². The largest absolute Gasteiger partial charge is 0.456 e. The van der Waals surface area contributed by atoms with Crippen LogP contribution in [0, 0.1) is 0 Å². The van der Waals surface area contributed by atoms with E-state index in [-0.39, 0.29) is 12.1 Å². The van der Waals surface area contributed by atoms with Crippen LogP contribution in [-0.2, 0) is 16.9 Å². The summed E-state index contributed by atoms with van der Waals surface area (Å²) in [6.45, 7) is 2.20. The van der Waals surface area contributed by atoms with Gasteiger partial charge in [-0.2, -0.15) is 0 Å². The maximum Gasteiger partial charge on any atom is 0.141 e. The van der Waals surface area contributed by atoms with E-state index in [9.17, 15) is 5.11 Å². The molecule has 3 aromatic carbocycles. The van der Waals surface area contributed by atoms with Crippen molar-refractivity contribution in [2.45, 2.75) is 37.1 Å². The minimum Gasteiger partial charge on any atom is -0.456 e. The van der Waals surface area contributed by atoms with Crippen LogP contribution in [0.1, 0.15) is 24.0 Å². The summed E-state index contributed by atoms with van der Waals surface area (Å²) in [5.41, 5.74) is 2.98. The van der Waals surface area contributed by atoms with Crippen molar-refractivity contribution in [2.24, 2.45) is 0 Å². The minimum atomic E-state index is -0.917. The van der Waals surface area contributed by atoms with Crippen LogP contribution in [0.25, 0.3) is 21.9 Å². The van der Waals surface area contributed by atoms with Gasteiger partial charge in [-0.25, -0.2) is 0 Å². The highest BCUT2D eigenvalue weighted by Crippen LogP contribution is 2.45. The Hall–Kier alpha value is -2.66. The molecule has 30 heavy (non-hydrogen) atoms. The van der Waals surface area contributed by atoms with Crippen molar-refractivity contribution in [2.75, 3.05) is 13.2 Å². The number of hydrogen-bond acceptors (Lipinski definition) is 4. The van der Waals surface area contributed by atoms with Gasteiger partial charge in [0.05, 0.1) is 18.8 Å². The number of nitrogens with zero attached hydrogens (tertiary/aromatic N) is 1. The zero-order valence-corrected chi connectivity index (χ0v) is 16.8. The maximum atomic E-state index is 11.9. The van der Waals surface area contributed by atoms with E-state index in [2.05, 4.69) is 47.4 Å². The molecule has 2 fully saturated rings. The molecule has 0 spiro atoms. The molecule has 2 bridgehead atoms. The molecule has 2 aliphatic rings. The molecular formula is C26H25NO3. The number of aliphatic hydroxyl groups is 1. The van der Waals surface area contributed by atoms with E-state index in [4.69, 9.17) is 9.15 Å². The van der Waals surface area contributed by atoms with Gasteiger partial charge in [-0.15, -0.1) is 0 Å². The number of furan rings is 1. The third-order valence-corrected chi connectivity index (χ3v) is 6.82. The molecule has 0 amide bonds. The molecule has 152 valence electrons. The lowest BCUT2D eigenvalue weighted by Gasteiger charge is -2.51. The Bertz CT molecular complexity index is 1180. The van der Waals surface area contributed by atoms with E-state index in [1.807, 2.05) is 30.3 Å². The Kier molecular flexibility index (Phi) is 4.20. The predicted molar refractivity (Wildman–Crippen MR) is 117 cm³/mol. The molecule has 2 aliphatic heterocycles. The second-order valence-corrected chi connectivity index (χ2v) is 8.72. The first-order valence-corrected chi connectivity index (χ1v) is 10.7. The summed E-state index contributed by atoms with van der Waals surface area (Å²) >= 11 is 0. The van der Waals surface area contributed by atoms with Gasteiger partial charge in [0.25, 0.3) is 0 Å². The van der Waals surface area contributed by atoms with Gasteiger partial charge < -0.3 is 14.3 Å². The Morgan fingerprint density at radius 2 is 1.53 bits per heavy atom. The lowest BCUT2D eigenvalue weighted by atomic mass is 9.76. The third kappa shape index (κ3) is 2.87. The Morgan fingerprint density at radius 3 is 2.33 bits per heavy atom. The highest BCUT2D eigenvalue weighted by Gasteiger charge is 2.48. The van der Waals surface area contributed by atoms with E-state index >= 15 is 0 Å². The lowest BCUT2D eigenvalue weighted by molar-refractivity contribution is -0.149. The monoisotopic (exact) mass is 399 g/mol. The van der Waals surface area contributed by atoms with Crippen LogP contribution in [0.4, 0.5) is 0 Å². The SMILES string of the molecule is OC1(c2cccc3c2oc2ccccc23)CC2COCC(C1)N2Cc1ccccc1. The Morgan fingerprint density at radius 1 is 0.833 bits per heavy atom. The standard InChI is InChI=1S/C26H25NO3/c28-26(23-11-6-10-22-21-9-4-5-12-24(21)30-25(22)23)13-19-16-29-17-20(14-26)27(19)15-18-7-2-1-3-8-18/h1-12,19-20,28H,13-17H2. The van der Waals surface area contributed by atoms with Gasteiger partial charge in [0.2, 0.25) is 0 Å². The first-order chi connectivity index (χ1) is 14.7. The van der Waals surface area contributed by atoms with Crippen molar-refractivity contribution >= 4 is 21.9 Å². The van der Waals surface area contributed by atoms with E-state index in [0.717, 1.165) is 34.0 Å². The Balaban J connectivity index is 1.38. The summed E-state index contributed by atoms with van der Waals surface area (Å²) < 4.78 is 12.1. The zero-order valence-electron chi connectivity index (χ0n) is 16.8. The molecule has 4 heteroatoms. The van der Waals surface area contributed by atoms with Crippen LogP contribution in [0.2, 0.25) is 0 Å². The molecule has 2 atom stereocenters. The minimum absolute atomic E-state index is 0.183. The van der Waals surface area contributed by atoms with Crippen LogP contribution in [0.3, 0.4) is 0 Å². The van der Waals surface area contributed by atoms with E-state index in [0.29, 0.717) is 26.1 Å². The maximum absolute atomic E-state index is 11.9. The lowest BCUT2D eigenvalue weighted by Crippen LogP contribution is -2.60. The van der Waals surface area contributed by atoms with Crippen LogP contribution < -0.4 is 0 Å². The smallest absolute Gasteiger partial charge is 0.141 e. The van der Waals surface area contributed by atoms with Gasteiger partial charge in [-0.3, -0.25) is 4.90 Å². The molecule has 6 rings (SSSR count). The van der Waals surface area contributed by atoms with E-state index in [1.165, 1.54) is 5.56 Å². The first kappa shape index (κ1) is 18.1. The van der Waals surface area contributed by atoms with Crippen LogP contribution in [0.5, 0.6) is 0 Å². The molecule has 1 N–H and O–H groups in total. The molecule has 1 aromatic heterocycles. The molecule has 2 unspecified atom stereocenters. The summed E-state index contributed by atoms with van der Waals surface area (Å²) in [5.74, 6) is 0. The first-order valence-electron chi connectivity index (χ1n) is 10.7. The fourth-order valence-electron chi connectivity index (χ4n) is 5.43. The van der Waals surface area contributed by atoms with Crippen molar-refractivity contribution in [3.8, 4) is 0 Å². The van der Waals surface area contributed by atoms with Crippen molar-refractivity contribution in [3.63, 3.8) is 0 Å². The molecule has 0 radical (unpaired) electrons. The number of benzene rings is 3. The molecule has 0 saturated carbocycles. The Labute approximate surface area is 175 Å². The van der Waals surface area contributed by atoms with Gasteiger partial charge in [0.15, 0.2) is 0 Å². The molecule has 4 aromatic rings. The van der Waals surface area contributed by atoms with Crippen LogP contribution >= 0.6 is 0 Å². The van der Waals surface area contributed by atoms with Crippen LogP contribution in [-0.4, -0.2) is 35.3 Å². The number of piperidine rings is 1. The molecule has 0 aliphatic carbocycles. The van der Waals surface area contributed by atoms with E-state index in [1.54, 1.807) is 0 Å². The number of ether oxygens (including phenoxy) is 1. The summed E-state index contributed by atoms with van der Waals surface area (Å²) in [6, 6.07) is 25.2. The zero-order chi connectivity index (χ0) is 20.1. The predicted octanol–water partition coefficient (Wildman–Crippen LogP) is 4.84. The summed E-state index contributed by atoms with van der Waals surface area (Å²) in [7, 11) is 0.